The monoisotopic (exact) mass is 396 g/mol. The van der Waals surface area contributed by atoms with Crippen LogP contribution in [0.4, 0.5) is 11.4 Å². The molecule has 1 aliphatic rings. The lowest BCUT2D eigenvalue weighted by atomic mass is 10.2. The van der Waals surface area contributed by atoms with Crippen LogP contribution in [0.1, 0.15) is 22.5 Å². The molecule has 2 heterocycles. The Morgan fingerprint density at radius 1 is 1.00 bits per heavy atom. The van der Waals surface area contributed by atoms with Crippen molar-refractivity contribution in [3.05, 3.63) is 72.1 Å². The summed E-state index contributed by atoms with van der Waals surface area (Å²) in [7, 11) is -3.21. The number of anilines is 2. The van der Waals surface area contributed by atoms with E-state index >= 15 is 0 Å². The molecule has 4 rings (SSSR count). The van der Waals surface area contributed by atoms with Crippen molar-refractivity contribution in [1.82, 2.24) is 9.78 Å². The molecule has 7 nitrogen and oxygen atoms in total. The summed E-state index contributed by atoms with van der Waals surface area (Å²) in [4.78, 5) is 12.5. The lowest BCUT2D eigenvalue weighted by Crippen LogP contribution is -2.24. The van der Waals surface area contributed by atoms with Crippen LogP contribution in [-0.2, 0) is 10.0 Å². The van der Waals surface area contributed by atoms with Crippen molar-refractivity contribution in [1.29, 1.82) is 0 Å². The first kappa shape index (κ1) is 18.2. The molecule has 1 aliphatic heterocycles. The highest BCUT2D eigenvalue weighted by Crippen LogP contribution is 2.25. The van der Waals surface area contributed by atoms with Crippen LogP contribution in [0.25, 0.3) is 5.69 Å². The average molecular weight is 396 g/mol. The van der Waals surface area contributed by atoms with Crippen LogP contribution in [0, 0.1) is 6.92 Å². The third-order valence-corrected chi connectivity index (χ3v) is 6.59. The highest BCUT2D eigenvalue weighted by molar-refractivity contribution is 7.93. The van der Waals surface area contributed by atoms with E-state index < -0.39 is 10.0 Å². The zero-order chi connectivity index (χ0) is 19.7. The standard InChI is InChI=1S/C20H20N4O3S/c1-15-11-12-21-24(15)19-7-3-16(4-8-19)20(25)22-17-5-9-18(10-6-17)23-13-2-14-28(23,26)27/h3-12H,2,13-14H2,1H3,(H,22,25). The maximum Gasteiger partial charge on any atom is 0.255 e. The van der Waals surface area contributed by atoms with Gasteiger partial charge >= 0.3 is 0 Å². The summed E-state index contributed by atoms with van der Waals surface area (Å²) >= 11 is 0. The second-order valence-electron chi connectivity index (χ2n) is 6.67. The third-order valence-electron chi connectivity index (χ3n) is 4.72. The van der Waals surface area contributed by atoms with E-state index in [2.05, 4.69) is 10.4 Å². The summed E-state index contributed by atoms with van der Waals surface area (Å²) in [5.74, 6) is -0.0511. The number of amides is 1. The zero-order valence-electron chi connectivity index (χ0n) is 15.4. The highest BCUT2D eigenvalue weighted by atomic mass is 32.2. The molecule has 1 amide bonds. The molecule has 0 radical (unpaired) electrons. The molecule has 3 aromatic rings. The van der Waals surface area contributed by atoms with E-state index in [0.717, 1.165) is 11.4 Å². The van der Waals surface area contributed by atoms with Crippen molar-refractivity contribution < 1.29 is 13.2 Å². The van der Waals surface area contributed by atoms with Crippen molar-refractivity contribution in [2.75, 3.05) is 21.9 Å². The van der Waals surface area contributed by atoms with Gasteiger partial charge in [-0.2, -0.15) is 5.10 Å². The Hall–Kier alpha value is -3.13. The summed E-state index contributed by atoms with van der Waals surface area (Å²) < 4.78 is 27.2. The lowest BCUT2D eigenvalue weighted by molar-refractivity contribution is 0.102. The SMILES string of the molecule is Cc1ccnn1-c1ccc(C(=O)Nc2ccc(N3CCCS3(=O)=O)cc2)cc1. The maximum atomic E-state index is 12.5. The quantitative estimate of drug-likeness (QED) is 0.735. The molecular weight excluding hydrogens is 376 g/mol. The molecule has 1 N–H and O–H groups in total. The van der Waals surface area contributed by atoms with Gasteiger partial charge in [0.05, 0.1) is 17.1 Å². The van der Waals surface area contributed by atoms with E-state index in [4.69, 9.17) is 0 Å². The van der Waals surface area contributed by atoms with Gasteiger partial charge < -0.3 is 5.32 Å². The van der Waals surface area contributed by atoms with E-state index in [1.165, 1.54) is 4.31 Å². The van der Waals surface area contributed by atoms with Gasteiger partial charge in [-0.15, -0.1) is 0 Å². The van der Waals surface area contributed by atoms with Crippen molar-refractivity contribution in [2.24, 2.45) is 0 Å². The first-order valence-corrected chi connectivity index (χ1v) is 10.6. The second-order valence-corrected chi connectivity index (χ2v) is 8.69. The number of hydrogen-bond donors (Lipinski definition) is 1. The van der Waals surface area contributed by atoms with E-state index in [0.29, 0.717) is 29.9 Å². The van der Waals surface area contributed by atoms with Gasteiger partial charge in [0.1, 0.15) is 0 Å². The van der Waals surface area contributed by atoms with Crippen molar-refractivity contribution in [2.45, 2.75) is 13.3 Å². The highest BCUT2D eigenvalue weighted by Gasteiger charge is 2.28. The van der Waals surface area contributed by atoms with E-state index in [9.17, 15) is 13.2 Å². The van der Waals surface area contributed by atoms with Crippen molar-refractivity contribution in [3.63, 3.8) is 0 Å². The number of aromatic nitrogens is 2. The summed E-state index contributed by atoms with van der Waals surface area (Å²) in [6, 6.07) is 15.9. The van der Waals surface area contributed by atoms with Crippen LogP contribution in [0.15, 0.2) is 60.8 Å². The van der Waals surface area contributed by atoms with E-state index in [1.807, 2.05) is 25.1 Å². The van der Waals surface area contributed by atoms with Crippen LogP contribution >= 0.6 is 0 Å². The molecule has 1 aromatic heterocycles. The smallest absolute Gasteiger partial charge is 0.255 e. The Labute approximate surface area is 163 Å². The molecule has 0 atom stereocenters. The number of nitrogens with zero attached hydrogens (tertiary/aromatic N) is 3. The predicted molar refractivity (Wildman–Crippen MR) is 108 cm³/mol. The molecule has 1 saturated heterocycles. The van der Waals surface area contributed by atoms with Gasteiger partial charge in [-0.3, -0.25) is 9.10 Å². The minimum Gasteiger partial charge on any atom is -0.322 e. The molecule has 0 aliphatic carbocycles. The Bertz CT molecular complexity index is 1100. The summed E-state index contributed by atoms with van der Waals surface area (Å²) in [6.07, 6.45) is 2.36. The molecule has 0 spiro atoms. The number of aryl methyl sites for hydroxylation is 1. The summed E-state index contributed by atoms with van der Waals surface area (Å²) in [6.45, 7) is 2.46. The number of sulfonamides is 1. The predicted octanol–water partition coefficient (Wildman–Crippen LogP) is 2.97. The zero-order valence-corrected chi connectivity index (χ0v) is 16.2. The van der Waals surface area contributed by atoms with Crippen LogP contribution in [0.5, 0.6) is 0 Å². The fraction of sp³-hybridized carbons (Fsp3) is 0.200. The minimum absolute atomic E-state index is 0.180. The Balaban J connectivity index is 1.46. The summed E-state index contributed by atoms with van der Waals surface area (Å²) in [5, 5.41) is 7.08. The molecule has 1 fully saturated rings. The molecule has 0 unspecified atom stereocenters. The van der Waals surface area contributed by atoms with Crippen LogP contribution in [0.2, 0.25) is 0 Å². The largest absolute Gasteiger partial charge is 0.322 e. The third kappa shape index (κ3) is 3.50. The van der Waals surface area contributed by atoms with E-state index in [1.54, 1.807) is 47.3 Å². The topological polar surface area (TPSA) is 84.3 Å². The molecule has 8 heteroatoms. The van der Waals surface area contributed by atoms with Crippen LogP contribution in [0.3, 0.4) is 0 Å². The van der Waals surface area contributed by atoms with Gasteiger partial charge in [0.25, 0.3) is 5.91 Å². The Kier molecular flexibility index (Phi) is 4.64. The van der Waals surface area contributed by atoms with Crippen LogP contribution < -0.4 is 9.62 Å². The number of benzene rings is 2. The van der Waals surface area contributed by atoms with Crippen molar-refractivity contribution >= 4 is 27.3 Å². The molecular formula is C20H20N4O3S. The number of rotatable bonds is 4. The first-order valence-electron chi connectivity index (χ1n) is 8.97. The van der Waals surface area contributed by atoms with Gasteiger partial charge in [0.15, 0.2) is 0 Å². The number of carbonyl (C=O) groups excluding carboxylic acids is 1. The molecule has 28 heavy (non-hydrogen) atoms. The lowest BCUT2D eigenvalue weighted by Gasteiger charge is -2.17. The normalized spacial score (nSPS) is 15.5. The maximum absolute atomic E-state index is 12.5. The molecule has 144 valence electrons. The van der Waals surface area contributed by atoms with Crippen LogP contribution in [-0.4, -0.2) is 36.4 Å². The average Bonchev–Trinajstić information content (AvgIpc) is 3.27. The first-order chi connectivity index (χ1) is 13.4. The second kappa shape index (κ2) is 7.12. The van der Waals surface area contributed by atoms with Crippen molar-refractivity contribution in [3.8, 4) is 5.69 Å². The minimum atomic E-state index is -3.21. The van der Waals surface area contributed by atoms with Gasteiger partial charge in [-0.05, 0) is 67.9 Å². The fourth-order valence-electron chi connectivity index (χ4n) is 3.24. The Morgan fingerprint density at radius 3 is 2.25 bits per heavy atom. The molecule has 2 aromatic carbocycles. The Morgan fingerprint density at radius 2 is 1.68 bits per heavy atom. The van der Waals surface area contributed by atoms with Gasteiger partial charge in [0, 0.05) is 29.7 Å². The molecule has 0 saturated carbocycles. The van der Waals surface area contributed by atoms with Gasteiger partial charge in [-0.1, -0.05) is 0 Å². The van der Waals surface area contributed by atoms with E-state index in [-0.39, 0.29) is 11.7 Å². The van der Waals surface area contributed by atoms with Gasteiger partial charge in [0.2, 0.25) is 10.0 Å². The fourth-order valence-corrected chi connectivity index (χ4v) is 4.80. The number of nitrogens with one attached hydrogen (secondary N) is 1. The number of hydrogen-bond acceptors (Lipinski definition) is 4. The van der Waals surface area contributed by atoms with Gasteiger partial charge in [-0.25, -0.2) is 13.1 Å². The molecule has 0 bridgehead atoms. The summed E-state index contributed by atoms with van der Waals surface area (Å²) in [5.41, 5.74) is 3.65. The number of carbonyl (C=O) groups is 1.